The van der Waals surface area contributed by atoms with Crippen molar-refractivity contribution in [1.82, 2.24) is 14.8 Å². The number of nitrogens with two attached hydrogens (primary N) is 1. The Morgan fingerprint density at radius 2 is 1.87 bits per heavy atom. The number of hydrogen-bond acceptors (Lipinski definition) is 5. The highest BCUT2D eigenvalue weighted by atomic mass is 35.5. The molecule has 1 aromatic heterocycles. The van der Waals surface area contributed by atoms with E-state index < -0.39 is 18.2 Å². The number of halogens is 5. The fraction of sp³-hybridized carbons (Fsp3) is 0.150. The van der Waals surface area contributed by atoms with Gasteiger partial charge in [0.25, 0.3) is 0 Å². The lowest BCUT2D eigenvalue weighted by atomic mass is 9.84. The predicted molar refractivity (Wildman–Crippen MR) is 109 cm³/mol. The van der Waals surface area contributed by atoms with Crippen LogP contribution < -0.4 is 5.90 Å². The number of hydrogen-bond donors (Lipinski definition) is 1. The third-order valence-corrected chi connectivity index (χ3v) is 5.08. The van der Waals surface area contributed by atoms with Crippen LogP contribution in [0.1, 0.15) is 23.1 Å². The molecule has 1 heterocycles. The topological polar surface area (TPSA) is 89.8 Å². The van der Waals surface area contributed by atoms with Gasteiger partial charge in [0.2, 0.25) is 5.60 Å². The van der Waals surface area contributed by atoms with Gasteiger partial charge in [0.1, 0.15) is 18.7 Å². The van der Waals surface area contributed by atoms with Crippen LogP contribution in [0.25, 0.3) is 11.3 Å². The number of rotatable bonds is 6. The van der Waals surface area contributed by atoms with Gasteiger partial charge in [-0.2, -0.15) is 23.5 Å². The first-order valence-corrected chi connectivity index (χ1v) is 9.35. The number of aromatic nitrogens is 3. The Balaban J connectivity index is 2.05. The van der Waals surface area contributed by atoms with Gasteiger partial charge in [0.15, 0.2) is 0 Å². The average molecular weight is 468 g/mol. The van der Waals surface area contributed by atoms with Gasteiger partial charge in [-0.3, -0.25) is 4.84 Å². The molecule has 2 N–H and O–H groups in total. The molecule has 0 fully saturated rings. The molecule has 0 spiro atoms. The van der Waals surface area contributed by atoms with Crippen molar-refractivity contribution in [3.8, 4) is 11.8 Å². The first kappa shape index (κ1) is 22.8. The van der Waals surface area contributed by atoms with E-state index in [4.69, 9.17) is 29.1 Å². The Labute approximate surface area is 185 Å². The minimum absolute atomic E-state index is 0.0114. The molecule has 2 aromatic carbocycles. The molecule has 160 valence electrons. The van der Waals surface area contributed by atoms with Gasteiger partial charge in [-0.15, -0.1) is 0 Å². The predicted octanol–water partition coefficient (Wildman–Crippen LogP) is 5.20. The van der Waals surface area contributed by atoms with Crippen molar-refractivity contribution in [2.45, 2.75) is 18.2 Å². The van der Waals surface area contributed by atoms with Crippen LogP contribution >= 0.6 is 23.2 Å². The van der Waals surface area contributed by atoms with Crippen molar-refractivity contribution in [2.75, 3.05) is 0 Å². The highest BCUT2D eigenvalue weighted by Crippen LogP contribution is 2.48. The number of nitriles is 1. The quantitative estimate of drug-likeness (QED) is 0.503. The van der Waals surface area contributed by atoms with E-state index >= 15 is 0 Å². The van der Waals surface area contributed by atoms with Gasteiger partial charge < -0.3 is 0 Å². The molecule has 0 saturated carbocycles. The maximum Gasteiger partial charge on any atom is 0.424 e. The summed E-state index contributed by atoms with van der Waals surface area (Å²) < 4.78 is 43.9. The smallest absolute Gasteiger partial charge is 0.283 e. The summed E-state index contributed by atoms with van der Waals surface area (Å²) in [5.74, 6) is 5.18. The zero-order chi connectivity index (χ0) is 22.8. The van der Waals surface area contributed by atoms with Crippen LogP contribution in [-0.2, 0) is 10.4 Å². The molecule has 6 nitrogen and oxygen atoms in total. The SMILES string of the molecule is C=C(CC(ON)(c1cc(Cl)cc(Cl)c1)C(F)(F)F)c1ccc(-n2cncn2)c(C#N)c1. The average Bonchev–Trinajstić information content (AvgIpc) is 3.24. The molecule has 3 rings (SSSR count). The monoisotopic (exact) mass is 467 g/mol. The highest BCUT2D eigenvalue weighted by Gasteiger charge is 2.58. The molecular weight excluding hydrogens is 454 g/mol. The second-order valence-electron chi connectivity index (χ2n) is 6.56. The van der Waals surface area contributed by atoms with Gasteiger partial charge in [-0.05, 0) is 47.0 Å². The molecular formula is C20H14Cl2F3N5O. The minimum atomic E-state index is -4.93. The van der Waals surface area contributed by atoms with E-state index in [-0.39, 0.29) is 26.7 Å². The first-order valence-electron chi connectivity index (χ1n) is 8.60. The number of benzene rings is 2. The van der Waals surface area contributed by atoms with Crippen LogP contribution in [0, 0.1) is 11.3 Å². The van der Waals surface area contributed by atoms with Crippen LogP contribution in [0.4, 0.5) is 13.2 Å². The van der Waals surface area contributed by atoms with E-state index in [0.29, 0.717) is 11.3 Å². The van der Waals surface area contributed by atoms with E-state index in [0.717, 1.165) is 12.1 Å². The molecule has 0 saturated heterocycles. The Kier molecular flexibility index (Phi) is 6.38. The standard InChI is InChI=1S/C20H14Cl2F3N5O/c1-12(13-2-3-18(14(4-13)9-26)30-11-28-10-29-30)8-19(31-27,20(23,24)25)15-5-16(21)7-17(22)6-15/h2-7,10-11H,1,8,27H2. The van der Waals surface area contributed by atoms with Crippen molar-refractivity contribution in [2.24, 2.45) is 5.90 Å². The highest BCUT2D eigenvalue weighted by molar-refractivity contribution is 6.34. The summed E-state index contributed by atoms with van der Waals surface area (Å²) in [6.45, 7) is 3.76. The van der Waals surface area contributed by atoms with E-state index in [1.54, 1.807) is 0 Å². The lowest BCUT2D eigenvalue weighted by Crippen LogP contribution is -2.47. The molecule has 0 aliphatic heterocycles. The van der Waals surface area contributed by atoms with Gasteiger partial charge in [0, 0.05) is 16.5 Å². The van der Waals surface area contributed by atoms with Crippen LogP contribution in [0.3, 0.4) is 0 Å². The Bertz CT molecular complexity index is 1140. The normalized spacial score (nSPS) is 13.5. The Morgan fingerprint density at radius 1 is 1.19 bits per heavy atom. The second-order valence-corrected chi connectivity index (χ2v) is 7.44. The third-order valence-electron chi connectivity index (χ3n) is 4.64. The number of alkyl halides is 3. The summed E-state index contributed by atoms with van der Waals surface area (Å²) in [6, 6.07) is 9.89. The molecule has 3 aromatic rings. The fourth-order valence-electron chi connectivity index (χ4n) is 3.11. The Morgan fingerprint density at radius 3 is 2.39 bits per heavy atom. The summed E-state index contributed by atoms with van der Waals surface area (Å²) in [4.78, 5) is 8.35. The summed E-state index contributed by atoms with van der Waals surface area (Å²) >= 11 is 11.8. The molecule has 31 heavy (non-hydrogen) atoms. The maximum absolute atomic E-state index is 14.2. The van der Waals surface area contributed by atoms with Crippen molar-refractivity contribution in [3.63, 3.8) is 0 Å². The minimum Gasteiger partial charge on any atom is -0.283 e. The van der Waals surface area contributed by atoms with Gasteiger partial charge >= 0.3 is 6.18 Å². The Hall–Kier alpha value is -2.90. The van der Waals surface area contributed by atoms with Crippen molar-refractivity contribution < 1.29 is 18.0 Å². The van der Waals surface area contributed by atoms with E-state index in [2.05, 4.69) is 21.5 Å². The molecule has 0 amide bonds. The number of nitrogens with zero attached hydrogens (tertiary/aromatic N) is 4. The largest absolute Gasteiger partial charge is 0.424 e. The summed E-state index contributed by atoms with van der Waals surface area (Å²) in [7, 11) is 0. The molecule has 0 aliphatic rings. The lowest BCUT2D eigenvalue weighted by Gasteiger charge is -2.35. The van der Waals surface area contributed by atoms with E-state index in [1.165, 1.54) is 41.6 Å². The molecule has 0 bridgehead atoms. The summed E-state index contributed by atoms with van der Waals surface area (Å²) in [6.07, 6.45) is -3.01. The first-order chi connectivity index (χ1) is 14.6. The third kappa shape index (κ3) is 4.43. The zero-order valence-electron chi connectivity index (χ0n) is 15.7. The molecule has 1 atom stereocenters. The van der Waals surface area contributed by atoms with Crippen molar-refractivity contribution >= 4 is 28.8 Å². The fourth-order valence-corrected chi connectivity index (χ4v) is 3.64. The van der Waals surface area contributed by atoms with Gasteiger partial charge in [-0.1, -0.05) is 35.8 Å². The van der Waals surface area contributed by atoms with Gasteiger partial charge in [0.05, 0.1) is 11.3 Å². The van der Waals surface area contributed by atoms with Crippen LogP contribution in [-0.4, -0.2) is 20.9 Å². The zero-order valence-corrected chi connectivity index (χ0v) is 17.2. The molecule has 0 radical (unpaired) electrons. The molecule has 11 heteroatoms. The second kappa shape index (κ2) is 8.69. The van der Waals surface area contributed by atoms with Crippen molar-refractivity contribution in [1.29, 1.82) is 5.26 Å². The van der Waals surface area contributed by atoms with Crippen LogP contribution in [0.2, 0.25) is 10.0 Å². The summed E-state index contributed by atoms with van der Waals surface area (Å²) in [5.41, 5.74) is -2.44. The van der Waals surface area contributed by atoms with Gasteiger partial charge in [-0.25, -0.2) is 15.6 Å². The van der Waals surface area contributed by atoms with Crippen LogP contribution in [0.5, 0.6) is 0 Å². The lowest BCUT2D eigenvalue weighted by molar-refractivity contribution is -0.285. The molecule has 0 aliphatic carbocycles. The van der Waals surface area contributed by atoms with Crippen molar-refractivity contribution in [3.05, 3.63) is 82.4 Å². The maximum atomic E-state index is 14.2. The van der Waals surface area contributed by atoms with E-state index in [9.17, 15) is 18.4 Å². The van der Waals surface area contributed by atoms with E-state index in [1.807, 2.05) is 6.07 Å². The molecule has 1 unspecified atom stereocenters. The van der Waals surface area contributed by atoms with Crippen LogP contribution in [0.15, 0.2) is 55.6 Å². The summed E-state index contributed by atoms with van der Waals surface area (Å²) in [5, 5.41) is 13.4.